The molecule has 4 nitrogen and oxygen atoms in total. The summed E-state index contributed by atoms with van der Waals surface area (Å²) < 4.78 is 5.56. The normalized spacial score (nSPS) is 12.1. The third-order valence-corrected chi connectivity index (χ3v) is 4.13. The number of halogens is 1. The fraction of sp³-hybridized carbons (Fsp3) is 0.267. The van der Waals surface area contributed by atoms with Crippen LogP contribution in [0.4, 0.5) is 0 Å². The van der Waals surface area contributed by atoms with Gasteiger partial charge in [-0.05, 0) is 23.6 Å². The van der Waals surface area contributed by atoms with E-state index in [9.17, 15) is 4.79 Å². The number of nitrogens with one attached hydrogen (secondary N) is 1. The average Bonchev–Trinajstić information content (AvgIpc) is 3.01. The molecule has 0 saturated carbocycles. The van der Waals surface area contributed by atoms with E-state index < -0.39 is 0 Å². The van der Waals surface area contributed by atoms with Gasteiger partial charge in [0.25, 0.3) is 5.91 Å². The van der Waals surface area contributed by atoms with Crippen LogP contribution in [0.15, 0.2) is 41.8 Å². The Morgan fingerprint density at radius 3 is 2.81 bits per heavy atom. The van der Waals surface area contributed by atoms with Gasteiger partial charge in [0.15, 0.2) is 0 Å². The number of ether oxygens (including phenoxy) is 1. The van der Waals surface area contributed by atoms with Crippen molar-refractivity contribution in [1.82, 2.24) is 5.32 Å². The van der Waals surface area contributed by atoms with E-state index in [-0.39, 0.29) is 25.2 Å². The maximum absolute atomic E-state index is 12.1. The first kappa shape index (κ1) is 16.0. The molecule has 0 bridgehead atoms. The third-order valence-electron chi connectivity index (χ3n) is 2.84. The van der Waals surface area contributed by atoms with E-state index in [1.54, 1.807) is 35.6 Å². The molecule has 2 rings (SSSR count). The van der Waals surface area contributed by atoms with Crippen molar-refractivity contribution in [1.29, 1.82) is 0 Å². The number of hydrogen-bond acceptors (Lipinski definition) is 4. The molecule has 0 unspecified atom stereocenters. The first-order valence-electron chi connectivity index (χ1n) is 6.51. The highest BCUT2D eigenvalue weighted by Gasteiger charge is 2.16. The summed E-state index contributed by atoms with van der Waals surface area (Å²) in [6.07, 6.45) is -0.274. The minimum absolute atomic E-state index is 0.0552. The Balaban J connectivity index is 1.98. The van der Waals surface area contributed by atoms with E-state index in [1.807, 2.05) is 17.5 Å². The van der Waals surface area contributed by atoms with Crippen LogP contribution in [0.3, 0.4) is 0 Å². The molecular weight excluding hydrogens is 310 g/mol. The largest absolute Gasteiger partial charge is 0.394 e. The van der Waals surface area contributed by atoms with E-state index in [2.05, 4.69) is 5.32 Å². The van der Waals surface area contributed by atoms with E-state index in [4.69, 9.17) is 21.4 Å². The second-order valence-electron chi connectivity index (χ2n) is 4.29. The number of hydrogen-bond donors (Lipinski definition) is 2. The van der Waals surface area contributed by atoms with Crippen LogP contribution in [0.25, 0.3) is 0 Å². The molecule has 2 aromatic rings. The predicted molar refractivity (Wildman–Crippen MR) is 83.9 cm³/mol. The van der Waals surface area contributed by atoms with Gasteiger partial charge >= 0.3 is 0 Å². The Hall–Kier alpha value is -1.40. The Morgan fingerprint density at radius 1 is 1.33 bits per heavy atom. The van der Waals surface area contributed by atoms with Gasteiger partial charge < -0.3 is 15.2 Å². The lowest BCUT2D eigenvalue weighted by atomic mass is 10.2. The molecule has 6 heteroatoms. The third kappa shape index (κ3) is 4.54. The Labute approximate surface area is 132 Å². The molecule has 0 aliphatic carbocycles. The van der Waals surface area contributed by atoms with E-state index >= 15 is 0 Å². The Morgan fingerprint density at radius 2 is 2.14 bits per heavy atom. The summed E-state index contributed by atoms with van der Waals surface area (Å²) in [5.74, 6) is -0.241. The summed E-state index contributed by atoms with van der Waals surface area (Å²) in [6, 6.07) is 10.7. The second kappa shape index (κ2) is 8.14. The number of carbonyl (C=O) groups is 1. The highest BCUT2D eigenvalue weighted by atomic mass is 35.5. The lowest BCUT2D eigenvalue weighted by Gasteiger charge is -2.17. The summed E-state index contributed by atoms with van der Waals surface area (Å²) in [4.78, 5) is 13.1. The van der Waals surface area contributed by atoms with Crippen molar-refractivity contribution in [3.05, 3.63) is 57.2 Å². The molecule has 0 radical (unpaired) electrons. The Bertz CT molecular complexity index is 574. The number of amides is 1. The molecule has 1 aromatic heterocycles. The monoisotopic (exact) mass is 325 g/mol. The molecule has 1 atom stereocenters. The van der Waals surface area contributed by atoms with E-state index in [1.165, 1.54) is 0 Å². The van der Waals surface area contributed by atoms with Crippen LogP contribution in [-0.4, -0.2) is 30.8 Å². The van der Waals surface area contributed by atoms with Gasteiger partial charge in [0.2, 0.25) is 0 Å². The van der Waals surface area contributed by atoms with Crippen molar-refractivity contribution >= 4 is 28.8 Å². The van der Waals surface area contributed by atoms with Gasteiger partial charge in [0.05, 0.1) is 23.8 Å². The number of rotatable bonds is 7. The van der Waals surface area contributed by atoms with E-state index in [0.29, 0.717) is 17.1 Å². The molecule has 0 aliphatic heterocycles. The van der Waals surface area contributed by atoms with Gasteiger partial charge in [-0.3, -0.25) is 4.79 Å². The van der Waals surface area contributed by atoms with Crippen LogP contribution in [-0.2, 0) is 4.74 Å². The van der Waals surface area contributed by atoms with Crippen molar-refractivity contribution < 1.29 is 14.6 Å². The molecule has 0 saturated heterocycles. The molecule has 0 fully saturated rings. The number of carbonyl (C=O) groups excluding carboxylic acids is 1. The molecule has 0 spiro atoms. The van der Waals surface area contributed by atoms with Gasteiger partial charge in [-0.15, -0.1) is 11.3 Å². The molecule has 21 heavy (non-hydrogen) atoms. The Kier molecular flexibility index (Phi) is 6.20. The fourth-order valence-electron chi connectivity index (χ4n) is 1.84. The first-order chi connectivity index (χ1) is 10.2. The van der Waals surface area contributed by atoms with Crippen molar-refractivity contribution in [2.45, 2.75) is 6.10 Å². The summed E-state index contributed by atoms with van der Waals surface area (Å²) in [7, 11) is 0. The zero-order valence-electron chi connectivity index (χ0n) is 11.3. The summed E-state index contributed by atoms with van der Waals surface area (Å²) >= 11 is 7.54. The number of aliphatic hydroxyl groups excluding tert-OH is 1. The molecule has 1 heterocycles. The van der Waals surface area contributed by atoms with Crippen molar-refractivity contribution in [2.24, 2.45) is 0 Å². The highest BCUT2D eigenvalue weighted by Crippen LogP contribution is 2.22. The van der Waals surface area contributed by atoms with Crippen LogP contribution in [0, 0.1) is 0 Å². The van der Waals surface area contributed by atoms with Gasteiger partial charge in [-0.25, -0.2) is 0 Å². The van der Waals surface area contributed by atoms with Crippen molar-refractivity contribution in [3.8, 4) is 0 Å². The maximum Gasteiger partial charge on any atom is 0.252 e. The average molecular weight is 326 g/mol. The minimum atomic E-state index is -0.274. The van der Waals surface area contributed by atoms with Crippen LogP contribution in [0.5, 0.6) is 0 Å². The smallest absolute Gasteiger partial charge is 0.252 e. The van der Waals surface area contributed by atoms with Gasteiger partial charge in [-0.1, -0.05) is 29.8 Å². The molecule has 1 amide bonds. The first-order valence-corrected chi connectivity index (χ1v) is 7.76. The lowest BCUT2D eigenvalue weighted by Crippen LogP contribution is -2.29. The van der Waals surface area contributed by atoms with Crippen LogP contribution in [0.1, 0.15) is 21.3 Å². The summed E-state index contributed by atoms with van der Waals surface area (Å²) in [5, 5.41) is 14.1. The minimum Gasteiger partial charge on any atom is -0.394 e. The van der Waals surface area contributed by atoms with Gasteiger partial charge in [-0.2, -0.15) is 0 Å². The number of aliphatic hydroxyl groups is 1. The topological polar surface area (TPSA) is 58.6 Å². The number of benzene rings is 1. The van der Waals surface area contributed by atoms with Crippen LogP contribution in [0.2, 0.25) is 5.02 Å². The maximum atomic E-state index is 12.1. The van der Waals surface area contributed by atoms with Crippen molar-refractivity contribution in [3.63, 3.8) is 0 Å². The molecule has 0 aliphatic rings. The van der Waals surface area contributed by atoms with Crippen LogP contribution < -0.4 is 5.32 Å². The van der Waals surface area contributed by atoms with Gasteiger partial charge in [0, 0.05) is 11.4 Å². The van der Waals surface area contributed by atoms with Gasteiger partial charge in [0.1, 0.15) is 6.10 Å². The van der Waals surface area contributed by atoms with E-state index in [0.717, 1.165) is 4.88 Å². The standard InChI is InChI=1S/C15H16ClNO3S/c16-12-5-2-1-4-11(12)15(19)17-10-13(20-8-7-18)14-6-3-9-21-14/h1-6,9,13,18H,7-8,10H2,(H,17,19)/t13-/m1/s1. The van der Waals surface area contributed by atoms with Crippen molar-refractivity contribution in [2.75, 3.05) is 19.8 Å². The molecule has 2 N–H and O–H groups in total. The summed E-state index contributed by atoms with van der Waals surface area (Å²) in [5.41, 5.74) is 0.436. The zero-order chi connectivity index (χ0) is 15.1. The zero-order valence-corrected chi connectivity index (χ0v) is 12.9. The van der Waals surface area contributed by atoms with Crippen LogP contribution >= 0.6 is 22.9 Å². The SMILES string of the molecule is O=C(NC[C@@H](OCCO)c1cccs1)c1ccccc1Cl. The highest BCUT2D eigenvalue weighted by molar-refractivity contribution is 7.10. The number of thiophene rings is 1. The fourth-order valence-corrected chi connectivity index (χ4v) is 2.83. The summed E-state index contributed by atoms with van der Waals surface area (Å²) in [6.45, 7) is 0.495. The molecule has 112 valence electrons. The second-order valence-corrected chi connectivity index (χ2v) is 5.67. The predicted octanol–water partition coefficient (Wildman–Crippen LogP) is 2.88. The quantitative estimate of drug-likeness (QED) is 0.823. The molecule has 1 aromatic carbocycles. The molecular formula is C15H16ClNO3S. The lowest BCUT2D eigenvalue weighted by molar-refractivity contribution is 0.0296.